The SMILES string of the molecule is O=C(O)CC1C(=NO)C=Cc2ccccc21. The molecule has 0 aromatic heterocycles. The zero-order valence-electron chi connectivity index (χ0n) is 8.50. The van der Waals surface area contributed by atoms with Gasteiger partial charge in [0.05, 0.1) is 12.1 Å². The number of rotatable bonds is 2. The zero-order chi connectivity index (χ0) is 11.5. The molecule has 4 nitrogen and oxygen atoms in total. The summed E-state index contributed by atoms with van der Waals surface area (Å²) in [5, 5.41) is 20.8. The van der Waals surface area contributed by atoms with E-state index in [2.05, 4.69) is 5.16 Å². The smallest absolute Gasteiger partial charge is 0.304 e. The predicted molar refractivity (Wildman–Crippen MR) is 59.7 cm³/mol. The Balaban J connectivity index is 2.46. The third kappa shape index (κ3) is 1.82. The second kappa shape index (κ2) is 4.18. The number of allylic oxidation sites excluding steroid dienone is 1. The molecule has 1 unspecified atom stereocenters. The van der Waals surface area contributed by atoms with Crippen molar-refractivity contribution < 1.29 is 15.1 Å². The Hall–Kier alpha value is -2.10. The van der Waals surface area contributed by atoms with Crippen LogP contribution in [0.15, 0.2) is 35.5 Å². The van der Waals surface area contributed by atoms with Crippen molar-refractivity contribution in [1.82, 2.24) is 0 Å². The average Bonchev–Trinajstić information content (AvgIpc) is 2.29. The first-order valence-corrected chi connectivity index (χ1v) is 4.93. The lowest BCUT2D eigenvalue weighted by atomic mass is 9.83. The predicted octanol–water partition coefficient (Wildman–Crippen LogP) is 2.10. The number of fused-ring (bicyclic) bond motifs is 1. The largest absolute Gasteiger partial charge is 0.481 e. The molecule has 0 aliphatic heterocycles. The lowest BCUT2D eigenvalue weighted by Crippen LogP contribution is -2.18. The Labute approximate surface area is 92.5 Å². The number of carboxylic acid groups (broad SMARTS) is 1. The van der Waals surface area contributed by atoms with Crippen molar-refractivity contribution >= 4 is 17.8 Å². The Morgan fingerprint density at radius 3 is 2.75 bits per heavy atom. The molecule has 0 bridgehead atoms. The molecule has 0 heterocycles. The van der Waals surface area contributed by atoms with Crippen LogP contribution in [0, 0.1) is 0 Å². The highest BCUT2D eigenvalue weighted by atomic mass is 16.4. The fourth-order valence-electron chi connectivity index (χ4n) is 1.92. The normalized spacial score (nSPS) is 20.8. The number of hydrogen-bond donors (Lipinski definition) is 2. The maximum absolute atomic E-state index is 10.8. The maximum Gasteiger partial charge on any atom is 0.304 e. The molecule has 0 saturated carbocycles. The van der Waals surface area contributed by atoms with E-state index in [0.29, 0.717) is 5.71 Å². The number of aliphatic carboxylic acids is 1. The molecule has 0 radical (unpaired) electrons. The van der Waals surface area contributed by atoms with Crippen LogP contribution < -0.4 is 0 Å². The molecule has 0 amide bonds. The molecule has 1 aromatic rings. The monoisotopic (exact) mass is 217 g/mol. The number of carbonyl (C=O) groups is 1. The van der Waals surface area contributed by atoms with Gasteiger partial charge in [-0.1, -0.05) is 35.5 Å². The van der Waals surface area contributed by atoms with Crippen LogP contribution in [0.5, 0.6) is 0 Å². The van der Waals surface area contributed by atoms with E-state index < -0.39 is 5.97 Å². The summed E-state index contributed by atoms with van der Waals surface area (Å²) in [6.45, 7) is 0. The van der Waals surface area contributed by atoms with Crippen molar-refractivity contribution in [2.45, 2.75) is 12.3 Å². The first-order chi connectivity index (χ1) is 7.72. The van der Waals surface area contributed by atoms with E-state index in [4.69, 9.17) is 10.3 Å². The zero-order valence-corrected chi connectivity index (χ0v) is 8.50. The molecule has 82 valence electrons. The first-order valence-electron chi connectivity index (χ1n) is 4.93. The summed E-state index contributed by atoms with van der Waals surface area (Å²) in [7, 11) is 0. The molecule has 2 rings (SSSR count). The summed E-state index contributed by atoms with van der Waals surface area (Å²) in [6.07, 6.45) is 3.40. The van der Waals surface area contributed by atoms with Crippen molar-refractivity contribution in [3.63, 3.8) is 0 Å². The number of hydrogen-bond acceptors (Lipinski definition) is 3. The average molecular weight is 217 g/mol. The molecule has 1 aliphatic carbocycles. The fourth-order valence-corrected chi connectivity index (χ4v) is 1.92. The summed E-state index contributed by atoms with van der Waals surface area (Å²) < 4.78 is 0. The summed E-state index contributed by atoms with van der Waals surface area (Å²) in [4.78, 5) is 10.8. The van der Waals surface area contributed by atoms with Gasteiger partial charge in [-0.05, 0) is 17.2 Å². The van der Waals surface area contributed by atoms with Crippen LogP contribution in [0.4, 0.5) is 0 Å². The molecule has 0 saturated heterocycles. The minimum atomic E-state index is -0.906. The fraction of sp³-hybridized carbons (Fsp3) is 0.167. The quantitative estimate of drug-likeness (QED) is 0.588. The van der Waals surface area contributed by atoms with E-state index in [1.807, 2.05) is 30.3 Å². The molecular weight excluding hydrogens is 206 g/mol. The standard InChI is InChI=1S/C12H11NO3/c14-12(15)7-10-9-4-2-1-3-8(9)5-6-11(10)13-16/h1-6,10,16H,7H2,(H,14,15). The summed E-state index contributed by atoms with van der Waals surface area (Å²) >= 11 is 0. The van der Waals surface area contributed by atoms with Gasteiger partial charge in [-0.3, -0.25) is 4.79 Å². The van der Waals surface area contributed by atoms with Crippen LogP contribution in [-0.2, 0) is 4.79 Å². The molecule has 1 aromatic carbocycles. The van der Waals surface area contributed by atoms with Crippen molar-refractivity contribution in [2.24, 2.45) is 5.16 Å². The van der Waals surface area contributed by atoms with E-state index in [0.717, 1.165) is 11.1 Å². The van der Waals surface area contributed by atoms with Crippen LogP contribution in [-0.4, -0.2) is 22.0 Å². The van der Waals surface area contributed by atoms with Gasteiger partial charge >= 0.3 is 5.97 Å². The van der Waals surface area contributed by atoms with Crippen molar-refractivity contribution in [3.05, 3.63) is 41.5 Å². The van der Waals surface area contributed by atoms with Crippen molar-refractivity contribution in [1.29, 1.82) is 0 Å². The van der Waals surface area contributed by atoms with Crippen molar-refractivity contribution in [2.75, 3.05) is 0 Å². The Morgan fingerprint density at radius 2 is 2.06 bits per heavy atom. The van der Waals surface area contributed by atoms with Crippen LogP contribution in [0.3, 0.4) is 0 Å². The molecule has 16 heavy (non-hydrogen) atoms. The number of oxime groups is 1. The van der Waals surface area contributed by atoms with Gasteiger partial charge < -0.3 is 10.3 Å². The van der Waals surface area contributed by atoms with Gasteiger partial charge in [0.2, 0.25) is 0 Å². The van der Waals surface area contributed by atoms with E-state index in [1.54, 1.807) is 6.08 Å². The highest BCUT2D eigenvalue weighted by Gasteiger charge is 2.25. The number of nitrogens with zero attached hydrogens (tertiary/aromatic N) is 1. The third-order valence-electron chi connectivity index (χ3n) is 2.66. The van der Waals surface area contributed by atoms with Crippen LogP contribution in [0.2, 0.25) is 0 Å². The molecule has 0 spiro atoms. The van der Waals surface area contributed by atoms with Gasteiger partial charge in [0.15, 0.2) is 0 Å². The second-order valence-electron chi connectivity index (χ2n) is 3.64. The van der Waals surface area contributed by atoms with Gasteiger partial charge in [-0.2, -0.15) is 0 Å². The minimum Gasteiger partial charge on any atom is -0.481 e. The van der Waals surface area contributed by atoms with Crippen molar-refractivity contribution in [3.8, 4) is 0 Å². The summed E-state index contributed by atoms with van der Waals surface area (Å²) in [5.74, 6) is -1.28. The van der Waals surface area contributed by atoms with Gasteiger partial charge in [-0.25, -0.2) is 0 Å². The Morgan fingerprint density at radius 1 is 1.31 bits per heavy atom. The number of benzene rings is 1. The third-order valence-corrected chi connectivity index (χ3v) is 2.66. The maximum atomic E-state index is 10.8. The van der Waals surface area contributed by atoms with E-state index in [9.17, 15) is 4.79 Å². The highest BCUT2D eigenvalue weighted by Crippen LogP contribution is 2.30. The Kier molecular flexibility index (Phi) is 2.72. The summed E-state index contributed by atoms with van der Waals surface area (Å²) in [6, 6.07) is 7.51. The lowest BCUT2D eigenvalue weighted by molar-refractivity contribution is -0.137. The van der Waals surface area contributed by atoms with Gasteiger partial charge in [-0.15, -0.1) is 0 Å². The molecule has 2 N–H and O–H groups in total. The number of carboxylic acids is 1. The van der Waals surface area contributed by atoms with Crippen LogP contribution in [0.25, 0.3) is 6.08 Å². The van der Waals surface area contributed by atoms with E-state index >= 15 is 0 Å². The van der Waals surface area contributed by atoms with Gasteiger partial charge in [0.1, 0.15) is 0 Å². The molecule has 1 aliphatic rings. The van der Waals surface area contributed by atoms with Crippen LogP contribution in [0.1, 0.15) is 23.5 Å². The molecule has 1 atom stereocenters. The second-order valence-corrected chi connectivity index (χ2v) is 3.64. The highest BCUT2D eigenvalue weighted by molar-refractivity contribution is 6.06. The summed E-state index contributed by atoms with van der Waals surface area (Å²) in [5.41, 5.74) is 2.25. The minimum absolute atomic E-state index is 0.0687. The first kappa shape index (κ1) is 10.4. The van der Waals surface area contributed by atoms with Gasteiger partial charge in [0.25, 0.3) is 0 Å². The topological polar surface area (TPSA) is 69.9 Å². The molecule has 4 heteroatoms. The van der Waals surface area contributed by atoms with E-state index in [1.165, 1.54) is 0 Å². The van der Waals surface area contributed by atoms with Crippen LogP contribution >= 0.6 is 0 Å². The molecule has 0 fully saturated rings. The van der Waals surface area contributed by atoms with Gasteiger partial charge in [0, 0.05) is 5.92 Å². The lowest BCUT2D eigenvalue weighted by Gasteiger charge is -2.20. The Bertz CT molecular complexity index is 477. The van der Waals surface area contributed by atoms with E-state index in [-0.39, 0.29) is 12.3 Å². The molecular formula is C12H11NO3.